The Hall–Kier alpha value is -8.08. The molecule has 0 amide bonds. The Labute approximate surface area is 343 Å². The van der Waals surface area contributed by atoms with Crippen LogP contribution in [0.5, 0.6) is 0 Å². The smallest absolute Gasteiger partial charge is 0.0802 e. The molecule has 0 unspecified atom stereocenters. The van der Waals surface area contributed by atoms with Crippen LogP contribution in [0.3, 0.4) is 0 Å². The molecule has 0 fully saturated rings. The van der Waals surface area contributed by atoms with Crippen molar-refractivity contribution in [2.75, 3.05) is 0 Å². The molecule has 4 nitrogen and oxygen atoms in total. The van der Waals surface area contributed by atoms with Crippen molar-refractivity contribution in [3.05, 3.63) is 194 Å². The van der Waals surface area contributed by atoms with E-state index in [0.29, 0.717) is 0 Å². The lowest BCUT2D eigenvalue weighted by Gasteiger charge is -2.17. The Kier molecular flexibility index (Phi) is 6.26. The van der Waals surface area contributed by atoms with Crippen LogP contribution in [0.25, 0.3) is 132 Å². The first-order valence-electron chi connectivity index (χ1n) is 20.6. The maximum atomic E-state index is 4.95. The van der Waals surface area contributed by atoms with E-state index in [1.807, 2.05) is 24.5 Å². The summed E-state index contributed by atoms with van der Waals surface area (Å²) in [5.41, 5.74) is 16.4. The van der Waals surface area contributed by atoms with Crippen molar-refractivity contribution in [1.82, 2.24) is 19.1 Å². The normalized spacial score (nSPS) is 12.3. The van der Waals surface area contributed by atoms with Gasteiger partial charge in [0.1, 0.15) is 0 Å². The molecule has 13 aromatic rings. The highest BCUT2D eigenvalue weighted by atomic mass is 15.0. The van der Waals surface area contributed by atoms with Gasteiger partial charge in [0.25, 0.3) is 0 Å². The van der Waals surface area contributed by atoms with Crippen LogP contribution in [0.15, 0.2) is 194 Å². The van der Waals surface area contributed by atoms with Gasteiger partial charge < -0.3 is 9.13 Å². The van der Waals surface area contributed by atoms with Crippen LogP contribution in [-0.4, -0.2) is 19.1 Å². The lowest BCUT2D eigenvalue weighted by molar-refractivity contribution is 1.14. The van der Waals surface area contributed by atoms with Gasteiger partial charge in [0.2, 0.25) is 0 Å². The van der Waals surface area contributed by atoms with Gasteiger partial charge in [-0.05, 0) is 128 Å². The molecule has 0 saturated carbocycles. The highest BCUT2D eigenvalue weighted by Crippen LogP contribution is 2.51. The first-order valence-corrected chi connectivity index (χ1v) is 20.6. The Morgan fingerprint density at radius 3 is 1.68 bits per heavy atom. The number of hydrogen-bond acceptors (Lipinski definition) is 2. The Balaban J connectivity index is 1.11. The minimum Gasteiger partial charge on any atom is -0.309 e. The SMILES string of the molecule is c1ccc2cc3c(cc2c1)-c1cccc2c(-c4cc(-n5c6ccccc6c6c7cccnc7ccc65)cc(-n5c6ccccc6c6c7ncccc7ccc65)c4)ccc-3c12. The van der Waals surface area contributed by atoms with E-state index in [1.54, 1.807) is 0 Å². The molecule has 0 N–H and O–H groups in total. The van der Waals surface area contributed by atoms with E-state index in [0.717, 1.165) is 60.8 Å². The van der Waals surface area contributed by atoms with Crippen molar-refractivity contribution in [2.24, 2.45) is 0 Å². The van der Waals surface area contributed by atoms with Crippen LogP contribution < -0.4 is 0 Å². The van der Waals surface area contributed by atoms with Crippen LogP contribution in [-0.2, 0) is 0 Å². The van der Waals surface area contributed by atoms with Gasteiger partial charge in [-0.15, -0.1) is 0 Å². The molecule has 14 rings (SSSR count). The third-order valence-corrected chi connectivity index (χ3v) is 13.1. The molecule has 0 radical (unpaired) electrons. The van der Waals surface area contributed by atoms with Gasteiger partial charge >= 0.3 is 0 Å². The molecular weight excluding hydrogens is 729 g/mol. The van der Waals surface area contributed by atoms with E-state index in [2.05, 4.69) is 179 Å². The molecule has 4 aromatic heterocycles. The summed E-state index contributed by atoms with van der Waals surface area (Å²) in [6.45, 7) is 0. The number of aromatic nitrogens is 4. The largest absolute Gasteiger partial charge is 0.309 e. The number of fused-ring (bicyclic) bond motifs is 14. The van der Waals surface area contributed by atoms with Gasteiger partial charge in [-0.25, -0.2) is 0 Å². The molecule has 0 saturated heterocycles. The summed E-state index contributed by atoms with van der Waals surface area (Å²) < 4.78 is 4.90. The molecule has 60 heavy (non-hydrogen) atoms. The number of benzene rings is 9. The standard InChI is InChI=1S/C56H32N4/c1-2-11-35-31-47-42-22-21-39(40-15-7-16-41(53(40)42)46(47)30-34(35)10-1)36-28-37(59-49-18-5-3-13-44(49)54-43-17-9-26-57-48(43)23-25-51(54)59)32-38(29-36)60-50-19-6-4-14-45(50)55-52(60)24-20-33-12-8-27-58-56(33)55/h1-32H. The van der Waals surface area contributed by atoms with Gasteiger partial charge in [-0.2, -0.15) is 0 Å². The minimum absolute atomic E-state index is 0.996. The van der Waals surface area contributed by atoms with Crippen LogP contribution in [0.4, 0.5) is 0 Å². The number of pyridine rings is 2. The first-order chi connectivity index (χ1) is 29.8. The summed E-state index contributed by atoms with van der Waals surface area (Å²) in [5.74, 6) is 0. The summed E-state index contributed by atoms with van der Waals surface area (Å²) in [6, 6.07) is 67.1. The second-order valence-corrected chi connectivity index (χ2v) is 16.1. The van der Waals surface area contributed by atoms with Crippen molar-refractivity contribution in [1.29, 1.82) is 0 Å². The number of para-hydroxylation sites is 2. The second kappa shape index (κ2) is 11.8. The molecule has 0 bridgehead atoms. The molecule has 0 spiro atoms. The predicted octanol–water partition coefficient (Wildman–Crippen LogP) is 14.6. The molecule has 0 atom stereocenters. The maximum absolute atomic E-state index is 4.95. The zero-order valence-corrected chi connectivity index (χ0v) is 32.3. The Morgan fingerprint density at radius 1 is 0.317 bits per heavy atom. The molecule has 0 aliphatic heterocycles. The van der Waals surface area contributed by atoms with E-state index in [-0.39, 0.29) is 0 Å². The third-order valence-electron chi connectivity index (χ3n) is 13.1. The number of hydrogen-bond donors (Lipinski definition) is 0. The van der Waals surface area contributed by atoms with Crippen molar-refractivity contribution in [3.8, 4) is 44.8 Å². The van der Waals surface area contributed by atoms with Crippen molar-refractivity contribution in [3.63, 3.8) is 0 Å². The van der Waals surface area contributed by atoms with E-state index < -0.39 is 0 Å². The third kappa shape index (κ3) is 4.24. The van der Waals surface area contributed by atoms with Gasteiger partial charge in [0, 0.05) is 56.1 Å². The molecule has 4 heteroatoms. The van der Waals surface area contributed by atoms with Gasteiger partial charge in [-0.1, -0.05) is 109 Å². The Morgan fingerprint density at radius 2 is 0.900 bits per heavy atom. The molecule has 276 valence electrons. The summed E-state index contributed by atoms with van der Waals surface area (Å²) in [4.78, 5) is 9.71. The lowest BCUT2D eigenvalue weighted by Crippen LogP contribution is -2.00. The first kappa shape index (κ1) is 31.9. The second-order valence-electron chi connectivity index (χ2n) is 16.1. The van der Waals surface area contributed by atoms with Gasteiger partial charge in [-0.3, -0.25) is 9.97 Å². The highest BCUT2D eigenvalue weighted by molar-refractivity contribution is 6.23. The van der Waals surface area contributed by atoms with E-state index in [4.69, 9.17) is 9.97 Å². The highest BCUT2D eigenvalue weighted by Gasteiger charge is 2.25. The average Bonchev–Trinajstić information content (AvgIpc) is 3.95. The maximum Gasteiger partial charge on any atom is 0.0802 e. The molecular formula is C56H32N4. The molecule has 1 aliphatic carbocycles. The van der Waals surface area contributed by atoms with Crippen molar-refractivity contribution in [2.45, 2.75) is 0 Å². The van der Waals surface area contributed by atoms with Crippen LogP contribution in [0.1, 0.15) is 0 Å². The zero-order valence-electron chi connectivity index (χ0n) is 32.3. The van der Waals surface area contributed by atoms with Crippen LogP contribution in [0.2, 0.25) is 0 Å². The van der Waals surface area contributed by atoms with Crippen LogP contribution in [0, 0.1) is 0 Å². The van der Waals surface area contributed by atoms with Crippen molar-refractivity contribution < 1.29 is 0 Å². The monoisotopic (exact) mass is 760 g/mol. The molecule has 1 aliphatic rings. The molecule has 9 aromatic carbocycles. The summed E-state index contributed by atoms with van der Waals surface area (Å²) in [6.07, 6.45) is 3.79. The quantitative estimate of drug-likeness (QED) is 0.180. The molecule has 4 heterocycles. The van der Waals surface area contributed by atoms with Gasteiger partial charge in [0.05, 0.1) is 33.1 Å². The lowest BCUT2D eigenvalue weighted by atomic mass is 9.93. The minimum atomic E-state index is 0.996. The zero-order chi connectivity index (χ0) is 39.1. The summed E-state index contributed by atoms with van der Waals surface area (Å²) in [5, 5.41) is 12.2. The predicted molar refractivity (Wildman–Crippen MR) is 251 cm³/mol. The fourth-order valence-electron chi connectivity index (χ4n) is 10.6. The summed E-state index contributed by atoms with van der Waals surface area (Å²) >= 11 is 0. The summed E-state index contributed by atoms with van der Waals surface area (Å²) in [7, 11) is 0. The average molecular weight is 761 g/mol. The van der Waals surface area contributed by atoms with E-state index in [1.165, 1.54) is 70.9 Å². The number of nitrogens with zero attached hydrogens (tertiary/aromatic N) is 4. The van der Waals surface area contributed by atoms with E-state index >= 15 is 0 Å². The van der Waals surface area contributed by atoms with Crippen LogP contribution >= 0.6 is 0 Å². The fraction of sp³-hybridized carbons (Fsp3) is 0. The number of rotatable bonds is 3. The van der Waals surface area contributed by atoms with Crippen molar-refractivity contribution >= 4 is 87.0 Å². The van der Waals surface area contributed by atoms with E-state index in [9.17, 15) is 0 Å². The fourth-order valence-corrected chi connectivity index (χ4v) is 10.6. The van der Waals surface area contributed by atoms with Gasteiger partial charge in [0.15, 0.2) is 0 Å². The Bertz CT molecular complexity index is 3800. The topological polar surface area (TPSA) is 35.6 Å².